The molecule has 3 rings (SSSR count). The number of nitrogens with two attached hydrogens (primary N) is 1. The lowest BCUT2D eigenvalue weighted by atomic mass is 9.96. The minimum Gasteiger partial charge on any atom is -0.348 e. The maximum atomic E-state index is 12.6. The SMILES string of the molecule is CC(C)[C@@H](NC(=O)CSc1nc2cc(S(N)(=O)=O)ccc2n1C)c1ccccc1. The molecule has 154 valence electrons. The maximum Gasteiger partial charge on any atom is 0.238 e. The number of amides is 1. The summed E-state index contributed by atoms with van der Waals surface area (Å²) in [6.07, 6.45) is 0. The maximum absolute atomic E-state index is 12.6. The molecule has 0 saturated heterocycles. The van der Waals surface area contributed by atoms with Gasteiger partial charge in [0.15, 0.2) is 5.16 Å². The van der Waals surface area contributed by atoms with Crippen LogP contribution in [0.15, 0.2) is 58.6 Å². The van der Waals surface area contributed by atoms with E-state index in [9.17, 15) is 13.2 Å². The number of nitrogens with one attached hydrogen (secondary N) is 1. The van der Waals surface area contributed by atoms with Crippen LogP contribution in [-0.4, -0.2) is 29.6 Å². The van der Waals surface area contributed by atoms with Crippen LogP contribution in [0, 0.1) is 5.92 Å². The van der Waals surface area contributed by atoms with Crippen molar-refractivity contribution in [3.63, 3.8) is 0 Å². The van der Waals surface area contributed by atoms with Crippen LogP contribution in [0.2, 0.25) is 0 Å². The van der Waals surface area contributed by atoms with Crippen molar-refractivity contribution in [2.24, 2.45) is 18.1 Å². The Kier molecular flexibility index (Phi) is 6.30. The van der Waals surface area contributed by atoms with Gasteiger partial charge in [-0.05, 0) is 29.7 Å². The summed E-state index contributed by atoms with van der Waals surface area (Å²) < 4.78 is 24.9. The number of aryl methyl sites for hydroxylation is 1. The number of fused-ring (bicyclic) bond motifs is 1. The van der Waals surface area contributed by atoms with Crippen molar-refractivity contribution < 1.29 is 13.2 Å². The molecule has 1 heterocycles. The average Bonchev–Trinajstić information content (AvgIpc) is 2.99. The highest BCUT2D eigenvalue weighted by Crippen LogP contribution is 2.26. The molecular weight excluding hydrogens is 408 g/mol. The molecule has 3 aromatic rings. The first-order valence-electron chi connectivity index (χ1n) is 9.13. The van der Waals surface area contributed by atoms with Gasteiger partial charge in [-0.1, -0.05) is 55.9 Å². The van der Waals surface area contributed by atoms with Crippen molar-refractivity contribution in [3.05, 3.63) is 54.1 Å². The van der Waals surface area contributed by atoms with Gasteiger partial charge in [0.25, 0.3) is 0 Å². The first kappa shape index (κ1) is 21.4. The molecule has 2 aromatic carbocycles. The zero-order valence-corrected chi connectivity index (χ0v) is 18.1. The number of imidazole rings is 1. The van der Waals surface area contributed by atoms with Crippen molar-refractivity contribution in [1.82, 2.24) is 14.9 Å². The third kappa shape index (κ3) is 4.98. The lowest BCUT2D eigenvalue weighted by Crippen LogP contribution is -2.33. The Morgan fingerprint density at radius 3 is 2.52 bits per heavy atom. The fraction of sp³-hybridized carbons (Fsp3) is 0.300. The summed E-state index contributed by atoms with van der Waals surface area (Å²) in [7, 11) is -1.97. The van der Waals surface area contributed by atoms with Gasteiger partial charge in [-0.15, -0.1) is 0 Å². The molecule has 1 atom stereocenters. The second kappa shape index (κ2) is 8.56. The number of hydrogen-bond donors (Lipinski definition) is 2. The molecule has 0 bridgehead atoms. The molecule has 0 saturated carbocycles. The van der Waals surface area contributed by atoms with Gasteiger partial charge < -0.3 is 9.88 Å². The largest absolute Gasteiger partial charge is 0.348 e. The number of rotatable bonds is 7. The molecule has 29 heavy (non-hydrogen) atoms. The van der Waals surface area contributed by atoms with Gasteiger partial charge in [-0.25, -0.2) is 18.5 Å². The smallest absolute Gasteiger partial charge is 0.238 e. The summed E-state index contributed by atoms with van der Waals surface area (Å²) in [5, 5.41) is 8.91. The standard InChI is InChI=1S/C20H24N4O3S2/c1-13(2)19(14-7-5-4-6-8-14)23-18(25)12-28-20-22-16-11-15(29(21,26)27)9-10-17(16)24(20)3/h4-11,13,19H,12H2,1-3H3,(H,23,25)(H2,21,26,27)/t19-/m1/s1. The summed E-state index contributed by atoms with van der Waals surface area (Å²) in [6, 6.07) is 14.4. The van der Waals surface area contributed by atoms with E-state index >= 15 is 0 Å². The summed E-state index contributed by atoms with van der Waals surface area (Å²) in [6.45, 7) is 4.14. The molecule has 0 aliphatic carbocycles. The number of aromatic nitrogens is 2. The first-order chi connectivity index (χ1) is 13.7. The molecule has 7 nitrogen and oxygen atoms in total. The molecule has 9 heteroatoms. The number of sulfonamides is 1. The predicted octanol–water partition coefficient (Wildman–Crippen LogP) is 2.83. The Hall–Kier alpha value is -2.36. The zero-order chi connectivity index (χ0) is 21.2. The van der Waals surface area contributed by atoms with E-state index in [1.165, 1.54) is 23.9 Å². The van der Waals surface area contributed by atoms with Crippen molar-refractivity contribution in [2.45, 2.75) is 29.9 Å². The van der Waals surface area contributed by atoms with Crippen LogP contribution in [0.5, 0.6) is 0 Å². The van der Waals surface area contributed by atoms with Gasteiger partial charge in [-0.3, -0.25) is 4.79 Å². The monoisotopic (exact) mass is 432 g/mol. The van der Waals surface area contributed by atoms with Crippen LogP contribution in [0.25, 0.3) is 11.0 Å². The third-order valence-corrected chi connectivity index (χ3v) is 6.55. The lowest BCUT2D eigenvalue weighted by molar-refractivity contribution is -0.119. The van der Waals surface area contributed by atoms with Gasteiger partial charge in [0.1, 0.15) is 0 Å². The van der Waals surface area contributed by atoms with Crippen LogP contribution in [0.4, 0.5) is 0 Å². The van der Waals surface area contributed by atoms with E-state index in [-0.39, 0.29) is 28.5 Å². The van der Waals surface area contributed by atoms with Crippen molar-refractivity contribution in [3.8, 4) is 0 Å². The summed E-state index contributed by atoms with van der Waals surface area (Å²) in [5.41, 5.74) is 2.36. The van der Waals surface area contributed by atoms with Crippen molar-refractivity contribution in [2.75, 3.05) is 5.75 Å². The molecule has 0 aliphatic rings. The highest BCUT2D eigenvalue weighted by Gasteiger charge is 2.19. The third-order valence-electron chi connectivity index (χ3n) is 4.61. The highest BCUT2D eigenvalue weighted by atomic mass is 32.2. The fourth-order valence-electron chi connectivity index (χ4n) is 3.10. The van der Waals surface area contributed by atoms with Crippen LogP contribution < -0.4 is 10.5 Å². The first-order valence-corrected chi connectivity index (χ1v) is 11.7. The fourth-order valence-corrected chi connectivity index (χ4v) is 4.44. The Morgan fingerprint density at radius 2 is 1.90 bits per heavy atom. The second-order valence-electron chi connectivity index (χ2n) is 7.14. The van der Waals surface area contributed by atoms with Crippen molar-refractivity contribution in [1.29, 1.82) is 0 Å². The van der Waals surface area contributed by atoms with Gasteiger partial charge >= 0.3 is 0 Å². The molecule has 1 amide bonds. The average molecular weight is 433 g/mol. The van der Waals surface area contributed by atoms with Crippen LogP contribution in [0.1, 0.15) is 25.5 Å². The van der Waals surface area contributed by atoms with E-state index in [1.54, 1.807) is 6.07 Å². The van der Waals surface area contributed by atoms with Gasteiger partial charge in [0, 0.05) is 7.05 Å². The Morgan fingerprint density at radius 1 is 1.21 bits per heavy atom. The number of primary sulfonamides is 1. The summed E-state index contributed by atoms with van der Waals surface area (Å²) >= 11 is 1.30. The Labute approximate surface area is 174 Å². The molecule has 3 N–H and O–H groups in total. The van der Waals surface area contributed by atoms with E-state index in [0.717, 1.165) is 11.1 Å². The summed E-state index contributed by atoms with van der Waals surface area (Å²) in [4.78, 5) is 17.0. The number of nitrogens with zero attached hydrogens (tertiary/aromatic N) is 2. The second-order valence-corrected chi connectivity index (χ2v) is 9.64. The van der Waals surface area contributed by atoms with Crippen LogP contribution in [-0.2, 0) is 21.9 Å². The van der Waals surface area contributed by atoms with Crippen LogP contribution in [0.3, 0.4) is 0 Å². The molecule has 0 unspecified atom stereocenters. The number of hydrogen-bond acceptors (Lipinski definition) is 5. The molecule has 0 spiro atoms. The van der Waals surface area contributed by atoms with Gasteiger partial charge in [0.2, 0.25) is 15.9 Å². The molecule has 0 radical (unpaired) electrons. The minimum absolute atomic E-state index is 0.0139. The molecule has 1 aromatic heterocycles. The number of carbonyl (C=O) groups excluding carboxylic acids is 1. The van der Waals surface area contributed by atoms with Gasteiger partial charge in [0.05, 0.1) is 27.7 Å². The van der Waals surface area contributed by atoms with E-state index < -0.39 is 10.0 Å². The molecular formula is C20H24N4O3S2. The number of benzene rings is 2. The zero-order valence-electron chi connectivity index (χ0n) is 16.5. The Bertz CT molecular complexity index is 1130. The molecule has 0 aliphatic heterocycles. The van der Waals surface area contributed by atoms with Crippen LogP contribution >= 0.6 is 11.8 Å². The number of thioether (sulfide) groups is 1. The van der Waals surface area contributed by atoms with E-state index in [4.69, 9.17) is 5.14 Å². The van der Waals surface area contributed by atoms with E-state index in [1.807, 2.05) is 41.9 Å². The van der Waals surface area contributed by atoms with E-state index in [2.05, 4.69) is 24.1 Å². The van der Waals surface area contributed by atoms with Gasteiger partial charge in [-0.2, -0.15) is 0 Å². The number of carbonyl (C=O) groups is 1. The Balaban J connectivity index is 1.72. The topological polar surface area (TPSA) is 107 Å². The van der Waals surface area contributed by atoms with E-state index in [0.29, 0.717) is 10.7 Å². The molecule has 0 fully saturated rings. The minimum atomic E-state index is -3.79. The quantitative estimate of drug-likeness (QED) is 0.558. The normalized spacial score (nSPS) is 13.0. The van der Waals surface area contributed by atoms with Crippen molar-refractivity contribution >= 4 is 38.7 Å². The summed E-state index contributed by atoms with van der Waals surface area (Å²) in [5.74, 6) is 0.364. The predicted molar refractivity (Wildman–Crippen MR) is 115 cm³/mol. The highest BCUT2D eigenvalue weighted by molar-refractivity contribution is 7.99. The lowest BCUT2D eigenvalue weighted by Gasteiger charge is -2.22.